The highest BCUT2D eigenvalue weighted by atomic mass is 79.9. The summed E-state index contributed by atoms with van der Waals surface area (Å²) in [7, 11) is 0. The molecule has 0 bridgehead atoms. The molecule has 2 amide bonds. The molecule has 0 saturated heterocycles. The van der Waals surface area contributed by atoms with Gasteiger partial charge in [-0.05, 0) is 48.9 Å². The van der Waals surface area contributed by atoms with Gasteiger partial charge < -0.3 is 10.6 Å². The van der Waals surface area contributed by atoms with E-state index < -0.39 is 17.6 Å². The van der Waals surface area contributed by atoms with Crippen LogP contribution in [0, 0.1) is 12.7 Å². The van der Waals surface area contributed by atoms with Crippen molar-refractivity contribution in [3.05, 3.63) is 58.3 Å². The highest BCUT2D eigenvalue weighted by Crippen LogP contribution is 2.20. The highest BCUT2D eigenvalue weighted by molar-refractivity contribution is 9.10. The van der Waals surface area contributed by atoms with Gasteiger partial charge in [0.05, 0.1) is 0 Å². The number of aryl methyl sites for hydroxylation is 1. The Morgan fingerprint density at radius 1 is 0.952 bits per heavy atom. The molecule has 2 aromatic rings. The fraction of sp³-hybridized carbons (Fsp3) is 0.0667. The van der Waals surface area contributed by atoms with Crippen LogP contribution in [0.1, 0.15) is 5.56 Å². The summed E-state index contributed by atoms with van der Waals surface area (Å²) in [5, 5.41) is 4.87. The zero-order chi connectivity index (χ0) is 15.4. The van der Waals surface area contributed by atoms with Gasteiger partial charge in [0.15, 0.2) is 0 Å². The number of hydrogen-bond acceptors (Lipinski definition) is 2. The average molecular weight is 351 g/mol. The predicted molar refractivity (Wildman–Crippen MR) is 82.5 cm³/mol. The fourth-order valence-corrected chi connectivity index (χ4v) is 1.96. The maximum atomic E-state index is 12.7. The molecule has 0 aromatic heterocycles. The number of carbonyl (C=O) groups is 2. The standard InChI is InChI=1S/C15H12BrFN2O2/c1-9-2-5-12(8-13(9)16)19-15(21)14(20)18-11-6-3-10(17)4-7-11/h2-8H,1H3,(H,18,20)(H,19,21). The Hall–Kier alpha value is -2.21. The first-order valence-corrected chi connectivity index (χ1v) is 6.89. The van der Waals surface area contributed by atoms with E-state index in [-0.39, 0.29) is 0 Å². The SMILES string of the molecule is Cc1ccc(NC(=O)C(=O)Nc2ccc(F)cc2)cc1Br. The first kappa shape index (κ1) is 15.2. The molecule has 2 aromatic carbocycles. The van der Waals surface area contributed by atoms with Crippen molar-refractivity contribution >= 4 is 39.1 Å². The smallest absolute Gasteiger partial charge is 0.314 e. The van der Waals surface area contributed by atoms with E-state index in [0.717, 1.165) is 10.0 Å². The van der Waals surface area contributed by atoms with E-state index in [1.54, 1.807) is 12.1 Å². The molecule has 0 fully saturated rings. The molecule has 6 heteroatoms. The van der Waals surface area contributed by atoms with Crippen molar-refractivity contribution in [1.29, 1.82) is 0 Å². The number of rotatable bonds is 2. The van der Waals surface area contributed by atoms with Crippen molar-refractivity contribution in [2.75, 3.05) is 10.6 Å². The fourth-order valence-electron chi connectivity index (χ4n) is 1.58. The molecule has 0 saturated carbocycles. The summed E-state index contributed by atoms with van der Waals surface area (Å²) in [5.74, 6) is -2.03. The van der Waals surface area contributed by atoms with Crippen molar-refractivity contribution in [2.45, 2.75) is 6.92 Å². The predicted octanol–water partition coefficient (Wildman–Crippen LogP) is 3.47. The van der Waals surface area contributed by atoms with Crippen LogP contribution in [-0.4, -0.2) is 11.8 Å². The van der Waals surface area contributed by atoms with Crippen LogP contribution in [0.3, 0.4) is 0 Å². The second-order valence-corrected chi connectivity index (χ2v) is 5.23. The molecule has 2 N–H and O–H groups in total. The van der Waals surface area contributed by atoms with Crippen molar-refractivity contribution in [3.63, 3.8) is 0 Å². The van der Waals surface area contributed by atoms with E-state index in [1.165, 1.54) is 24.3 Å². The van der Waals surface area contributed by atoms with Gasteiger partial charge in [0.2, 0.25) is 0 Å². The Morgan fingerprint density at radius 3 is 2.05 bits per heavy atom. The van der Waals surface area contributed by atoms with E-state index in [9.17, 15) is 14.0 Å². The molecule has 4 nitrogen and oxygen atoms in total. The highest BCUT2D eigenvalue weighted by Gasteiger charge is 2.14. The molecule has 0 aliphatic carbocycles. The van der Waals surface area contributed by atoms with Gasteiger partial charge in [0, 0.05) is 15.8 Å². The van der Waals surface area contributed by atoms with Gasteiger partial charge >= 0.3 is 11.8 Å². The molecule has 0 atom stereocenters. The van der Waals surface area contributed by atoms with Gasteiger partial charge in [-0.1, -0.05) is 22.0 Å². The van der Waals surface area contributed by atoms with Crippen LogP contribution in [0.5, 0.6) is 0 Å². The molecule has 0 heterocycles. The monoisotopic (exact) mass is 350 g/mol. The molecule has 21 heavy (non-hydrogen) atoms. The third kappa shape index (κ3) is 4.13. The Labute approximate surface area is 129 Å². The van der Waals surface area contributed by atoms with Crippen LogP contribution in [0.4, 0.5) is 15.8 Å². The molecule has 0 unspecified atom stereocenters. The van der Waals surface area contributed by atoms with Gasteiger partial charge in [-0.3, -0.25) is 9.59 Å². The summed E-state index contributed by atoms with van der Waals surface area (Å²) >= 11 is 3.35. The average Bonchev–Trinajstić information content (AvgIpc) is 2.45. The summed E-state index contributed by atoms with van der Waals surface area (Å²) in [4.78, 5) is 23.5. The van der Waals surface area contributed by atoms with Gasteiger partial charge in [-0.15, -0.1) is 0 Å². The van der Waals surface area contributed by atoms with Crippen molar-refractivity contribution in [1.82, 2.24) is 0 Å². The minimum atomic E-state index is -0.821. The minimum Gasteiger partial charge on any atom is -0.318 e. The molecule has 2 rings (SSSR count). The molecule has 0 aliphatic rings. The van der Waals surface area contributed by atoms with Gasteiger partial charge in [-0.2, -0.15) is 0 Å². The van der Waals surface area contributed by atoms with Crippen molar-refractivity contribution in [2.24, 2.45) is 0 Å². The first-order valence-electron chi connectivity index (χ1n) is 6.10. The molecule has 0 spiro atoms. The third-order valence-corrected chi connectivity index (χ3v) is 3.59. The largest absolute Gasteiger partial charge is 0.318 e. The zero-order valence-corrected chi connectivity index (χ0v) is 12.7. The summed E-state index contributed by atoms with van der Waals surface area (Å²) in [6.07, 6.45) is 0. The van der Waals surface area contributed by atoms with E-state index in [4.69, 9.17) is 0 Å². The van der Waals surface area contributed by atoms with Gasteiger partial charge in [0.1, 0.15) is 5.82 Å². The number of amides is 2. The second-order valence-electron chi connectivity index (χ2n) is 4.38. The van der Waals surface area contributed by atoms with Crippen LogP contribution >= 0.6 is 15.9 Å². The van der Waals surface area contributed by atoms with E-state index in [2.05, 4.69) is 26.6 Å². The van der Waals surface area contributed by atoms with E-state index in [1.807, 2.05) is 13.0 Å². The molecular formula is C15H12BrFN2O2. The van der Waals surface area contributed by atoms with Gasteiger partial charge in [0.25, 0.3) is 0 Å². The summed E-state index contributed by atoms with van der Waals surface area (Å²) in [5.41, 5.74) is 1.87. The number of anilines is 2. The summed E-state index contributed by atoms with van der Waals surface area (Å²) < 4.78 is 13.6. The molecular weight excluding hydrogens is 339 g/mol. The zero-order valence-electron chi connectivity index (χ0n) is 11.1. The lowest BCUT2D eigenvalue weighted by atomic mass is 10.2. The molecule has 0 aliphatic heterocycles. The van der Waals surface area contributed by atoms with E-state index >= 15 is 0 Å². The lowest BCUT2D eigenvalue weighted by Crippen LogP contribution is -2.29. The summed E-state index contributed by atoms with van der Waals surface area (Å²) in [6, 6.07) is 10.4. The Kier molecular flexibility index (Phi) is 4.70. The topological polar surface area (TPSA) is 58.2 Å². The number of carbonyl (C=O) groups excluding carboxylic acids is 2. The van der Waals surface area contributed by atoms with Gasteiger partial charge in [-0.25, -0.2) is 4.39 Å². The Bertz CT molecular complexity index is 687. The first-order chi connectivity index (χ1) is 9.95. The van der Waals surface area contributed by atoms with Crippen molar-refractivity contribution < 1.29 is 14.0 Å². The van der Waals surface area contributed by atoms with Crippen LogP contribution in [0.2, 0.25) is 0 Å². The van der Waals surface area contributed by atoms with Crippen LogP contribution in [-0.2, 0) is 9.59 Å². The second kappa shape index (κ2) is 6.49. The quantitative estimate of drug-likeness (QED) is 0.814. The summed E-state index contributed by atoms with van der Waals surface area (Å²) in [6.45, 7) is 1.91. The van der Waals surface area contributed by atoms with Crippen LogP contribution in [0.25, 0.3) is 0 Å². The number of nitrogens with one attached hydrogen (secondary N) is 2. The van der Waals surface area contributed by atoms with E-state index in [0.29, 0.717) is 11.4 Å². The van der Waals surface area contributed by atoms with Crippen LogP contribution < -0.4 is 10.6 Å². The Balaban J connectivity index is 2.00. The minimum absolute atomic E-state index is 0.349. The number of halogens is 2. The maximum absolute atomic E-state index is 12.7. The Morgan fingerprint density at radius 2 is 1.48 bits per heavy atom. The lowest BCUT2D eigenvalue weighted by Gasteiger charge is -2.07. The lowest BCUT2D eigenvalue weighted by molar-refractivity contribution is -0.132. The van der Waals surface area contributed by atoms with Crippen molar-refractivity contribution in [3.8, 4) is 0 Å². The third-order valence-electron chi connectivity index (χ3n) is 2.74. The van der Waals surface area contributed by atoms with Crippen LogP contribution in [0.15, 0.2) is 46.9 Å². The normalized spacial score (nSPS) is 10.0. The number of benzene rings is 2. The number of hydrogen-bond donors (Lipinski definition) is 2. The molecule has 108 valence electrons. The molecule has 0 radical (unpaired) electrons. The maximum Gasteiger partial charge on any atom is 0.314 e.